The fraction of sp³-hybridized carbons (Fsp3) is 0.500. The number of hydrogen-bond acceptors (Lipinski definition) is 3. The minimum absolute atomic E-state index is 0.0666. The van der Waals surface area contributed by atoms with Crippen LogP contribution in [0.2, 0.25) is 0 Å². The molecule has 1 aromatic carbocycles. The van der Waals surface area contributed by atoms with Crippen LogP contribution in [-0.4, -0.2) is 17.1 Å². The summed E-state index contributed by atoms with van der Waals surface area (Å²) < 4.78 is 0. The molecule has 0 saturated carbocycles. The van der Waals surface area contributed by atoms with Crippen LogP contribution in [0.15, 0.2) is 18.2 Å². The molecule has 2 atom stereocenters. The maximum Gasteiger partial charge on any atom is 0.241 e. The summed E-state index contributed by atoms with van der Waals surface area (Å²) in [6, 6.07) is 4.64. The molecule has 18 heavy (non-hydrogen) atoms. The maximum atomic E-state index is 11.9. The van der Waals surface area contributed by atoms with E-state index in [1.54, 1.807) is 12.1 Å². The van der Waals surface area contributed by atoms with Crippen LogP contribution in [0, 0.1) is 5.92 Å². The molecule has 0 heterocycles. The second-order valence-corrected chi connectivity index (χ2v) is 4.61. The summed E-state index contributed by atoms with van der Waals surface area (Å²) in [4.78, 5) is 11.9. The molecule has 0 aliphatic carbocycles. The van der Waals surface area contributed by atoms with Gasteiger partial charge in [0, 0.05) is 0 Å². The lowest BCUT2D eigenvalue weighted by Crippen LogP contribution is -2.40. The number of carbonyl (C=O) groups excluding carboxylic acids is 1. The minimum Gasteiger partial charge on any atom is -0.506 e. The summed E-state index contributed by atoms with van der Waals surface area (Å²) in [5.41, 5.74) is 7.33. The number of aryl methyl sites for hydroxylation is 1. The van der Waals surface area contributed by atoms with Gasteiger partial charge in [-0.15, -0.1) is 0 Å². The zero-order valence-electron chi connectivity index (χ0n) is 11.2. The molecule has 4 N–H and O–H groups in total. The molecule has 0 fully saturated rings. The Morgan fingerprint density at radius 2 is 2.11 bits per heavy atom. The molecule has 1 rings (SSSR count). The smallest absolute Gasteiger partial charge is 0.241 e. The number of anilines is 1. The van der Waals surface area contributed by atoms with E-state index in [1.807, 2.05) is 26.8 Å². The van der Waals surface area contributed by atoms with Gasteiger partial charge in [0.25, 0.3) is 0 Å². The van der Waals surface area contributed by atoms with Crippen LogP contribution < -0.4 is 11.1 Å². The van der Waals surface area contributed by atoms with E-state index in [-0.39, 0.29) is 17.6 Å². The van der Waals surface area contributed by atoms with Crippen molar-refractivity contribution in [2.24, 2.45) is 11.7 Å². The van der Waals surface area contributed by atoms with Crippen LogP contribution in [0.4, 0.5) is 5.69 Å². The lowest BCUT2D eigenvalue weighted by molar-refractivity contribution is -0.118. The molecular formula is C14H22N2O2. The summed E-state index contributed by atoms with van der Waals surface area (Å²) in [7, 11) is 0. The Balaban J connectivity index is 2.81. The summed E-state index contributed by atoms with van der Waals surface area (Å²) in [5.74, 6) is -0.0775. The molecule has 0 aromatic heterocycles. The highest BCUT2D eigenvalue weighted by Crippen LogP contribution is 2.25. The molecule has 0 spiro atoms. The Kier molecular flexibility index (Phi) is 5.16. The van der Waals surface area contributed by atoms with Crippen molar-refractivity contribution in [2.45, 2.75) is 39.7 Å². The average molecular weight is 250 g/mol. The van der Waals surface area contributed by atoms with E-state index in [1.165, 1.54) is 0 Å². The molecule has 0 saturated heterocycles. The van der Waals surface area contributed by atoms with Crippen molar-refractivity contribution in [3.8, 4) is 5.75 Å². The molecule has 0 radical (unpaired) electrons. The first-order valence-electron chi connectivity index (χ1n) is 6.37. The second kappa shape index (κ2) is 6.40. The lowest BCUT2D eigenvalue weighted by atomic mass is 9.99. The number of carbonyl (C=O) groups is 1. The zero-order chi connectivity index (χ0) is 13.7. The monoisotopic (exact) mass is 250 g/mol. The van der Waals surface area contributed by atoms with E-state index in [0.29, 0.717) is 5.69 Å². The Morgan fingerprint density at radius 1 is 1.44 bits per heavy atom. The van der Waals surface area contributed by atoms with Crippen LogP contribution in [0.1, 0.15) is 32.8 Å². The Hall–Kier alpha value is -1.55. The molecule has 4 nitrogen and oxygen atoms in total. The molecule has 100 valence electrons. The van der Waals surface area contributed by atoms with Crippen molar-refractivity contribution in [3.05, 3.63) is 23.8 Å². The quantitative estimate of drug-likeness (QED) is 0.702. The van der Waals surface area contributed by atoms with Crippen molar-refractivity contribution in [1.82, 2.24) is 0 Å². The van der Waals surface area contributed by atoms with Crippen molar-refractivity contribution < 1.29 is 9.90 Å². The fourth-order valence-corrected chi connectivity index (χ4v) is 1.63. The zero-order valence-corrected chi connectivity index (χ0v) is 11.2. The van der Waals surface area contributed by atoms with Crippen molar-refractivity contribution in [3.63, 3.8) is 0 Å². The fourth-order valence-electron chi connectivity index (χ4n) is 1.63. The predicted molar refractivity (Wildman–Crippen MR) is 73.5 cm³/mol. The summed E-state index contributed by atoms with van der Waals surface area (Å²) in [6.45, 7) is 5.95. The SMILES string of the molecule is CCc1ccc(O)c(NC(=O)[C@@H](N)[C@@H](C)CC)c1. The highest BCUT2D eigenvalue weighted by Gasteiger charge is 2.20. The highest BCUT2D eigenvalue weighted by atomic mass is 16.3. The maximum absolute atomic E-state index is 11.9. The number of benzene rings is 1. The molecule has 0 bridgehead atoms. The van der Waals surface area contributed by atoms with E-state index in [4.69, 9.17) is 5.73 Å². The third-order valence-corrected chi connectivity index (χ3v) is 3.29. The van der Waals surface area contributed by atoms with E-state index < -0.39 is 6.04 Å². The van der Waals surface area contributed by atoms with Crippen LogP contribution in [-0.2, 0) is 11.2 Å². The summed E-state index contributed by atoms with van der Waals surface area (Å²) in [5, 5.41) is 12.4. The van der Waals surface area contributed by atoms with E-state index >= 15 is 0 Å². The first-order chi connectivity index (χ1) is 8.49. The minimum atomic E-state index is -0.556. The van der Waals surface area contributed by atoms with Crippen LogP contribution >= 0.6 is 0 Å². The standard InChI is InChI=1S/C14H22N2O2/c1-4-9(3)13(15)14(18)16-11-8-10(5-2)6-7-12(11)17/h6-9,13,17H,4-5,15H2,1-3H3,(H,16,18)/t9-,13-/m0/s1. The highest BCUT2D eigenvalue weighted by molar-refractivity contribution is 5.96. The number of phenols is 1. The van der Waals surface area contributed by atoms with Gasteiger partial charge < -0.3 is 16.2 Å². The number of amides is 1. The Bertz CT molecular complexity index is 418. The number of nitrogens with two attached hydrogens (primary N) is 1. The van der Waals surface area contributed by atoms with Gasteiger partial charge in [-0.3, -0.25) is 4.79 Å². The lowest BCUT2D eigenvalue weighted by Gasteiger charge is -2.18. The number of hydrogen-bond donors (Lipinski definition) is 3. The average Bonchev–Trinajstić information content (AvgIpc) is 2.39. The number of aromatic hydroxyl groups is 1. The van der Waals surface area contributed by atoms with E-state index in [0.717, 1.165) is 18.4 Å². The number of phenolic OH excluding ortho intramolecular Hbond substituents is 1. The molecular weight excluding hydrogens is 228 g/mol. The topological polar surface area (TPSA) is 75.3 Å². The van der Waals surface area contributed by atoms with E-state index in [2.05, 4.69) is 5.32 Å². The van der Waals surface area contributed by atoms with Gasteiger partial charge in [-0.2, -0.15) is 0 Å². The molecule has 0 unspecified atom stereocenters. The van der Waals surface area contributed by atoms with Crippen molar-refractivity contribution in [1.29, 1.82) is 0 Å². The first kappa shape index (κ1) is 14.5. The summed E-state index contributed by atoms with van der Waals surface area (Å²) >= 11 is 0. The number of nitrogens with one attached hydrogen (secondary N) is 1. The van der Waals surface area contributed by atoms with E-state index in [9.17, 15) is 9.90 Å². The van der Waals surface area contributed by atoms with Gasteiger partial charge in [0.05, 0.1) is 11.7 Å². The van der Waals surface area contributed by atoms with Crippen LogP contribution in [0.5, 0.6) is 5.75 Å². The summed E-state index contributed by atoms with van der Waals surface area (Å²) in [6.07, 6.45) is 1.69. The molecule has 0 aliphatic heterocycles. The molecule has 0 aliphatic rings. The number of rotatable bonds is 5. The third-order valence-electron chi connectivity index (χ3n) is 3.29. The predicted octanol–water partition coefficient (Wildman–Crippen LogP) is 2.27. The Labute approximate surface area is 108 Å². The van der Waals surface area contributed by atoms with Gasteiger partial charge in [0.1, 0.15) is 5.75 Å². The van der Waals surface area contributed by atoms with Gasteiger partial charge in [0.2, 0.25) is 5.91 Å². The normalized spacial score (nSPS) is 14.0. The van der Waals surface area contributed by atoms with Crippen molar-refractivity contribution in [2.75, 3.05) is 5.32 Å². The second-order valence-electron chi connectivity index (χ2n) is 4.61. The molecule has 4 heteroatoms. The molecule has 1 amide bonds. The van der Waals surface area contributed by atoms with Gasteiger partial charge in [0.15, 0.2) is 0 Å². The van der Waals surface area contributed by atoms with Crippen LogP contribution in [0.25, 0.3) is 0 Å². The van der Waals surface area contributed by atoms with Gasteiger partial charge in [-0.25, -0.2) is 0 Å². The van der Waals surface area contributed by atoms with Gasteiger partial charge in [-0.05, 0) is 30.0 Å². The Morgan fingerprint density at radius 3 is 2.67 bits per heavy atom. The molecule has 1 aromatic rings. The third kappa shape index (κ3) is 3.47. The van der Waals surface area contributed by atoms with Gasteiger partial charge >= 0.3 is 0 Å². The van der Waals surface area contributed by atoms with Crippen molar-refractivity contribution >= 4 is 11.6 Å². The largest absolute Gasteiger partial charge is 0.506 e. The van der Waals surface area contributed by atoms with Crippen LogP contribution in [0.3, 0.4) is 0 Å². The first-order valence-corrected chi connectivity index (χ1v) is 6.37. The van der Waals surface area contributed by atoms with Gasteiger partial charge in [-0.1, -0.05) is 33.3 Å².